The molecule has 1 aromatic heterocycles. The molecule has 1 heterocycles. The molecule has 2 aromatic rings. The average molecular weight is 332 g/mol. The fourth-order valence-electron chi connectivity index (χ4n) is 2.21. The Balaban J connectivity index is 1.79. The molecule has 1 aromatic carbocycles. The molecule has 2 rings (SSSR count). The smallest absolute Gasteiger partial charge is 0.191 e. The number of aliphatic imine (C=N–C) groups is 1. The Morgan fingerprint density at radius 3 is 2.78 bits per heavy atom. The van der Waals surface area contributed by atoms with Crippen LogP contribution in [0, 0.1) is 13.8 Å². The fraction of sp³-hybridized carbons (Fsp3) is 0.412. The molecular weight excluding hydrogens is 308 g/mol. The van der Waals surface area contributed by atoms with E-state index in [4.69, 9.17) is 4.74 Å². The highest BCUT2D eigenvalue weighted by molar-refractivity contribution is 7.11. The van der Waals surface area contributed by atoms with Crippen molar-refractivity contribution in [3.63, 3.8) is 0 Å². The molecule has 0 spiro atoms. The summed E-state index contributed by atoms with van der Waals surface area (Å²) >= 11 is 1.70. The number of hydrogen-bond donors (Lipinski definition) is 2. The molecule has 0 aliphatic heterocycles. The van der Waals surface area contributed by atoms with Crippen LogP contribution in [0.2, 0.25) is 0 Å². The summed E-state index contributed by atoms with van der Waals surface area (Å²) in [6.07, 6.45) is 2.80. The number of aromatic nitrogens is 1. The van der Waals surface area contributed by atoms with Crippen LogP contribution in [0.4, 0.5) is 0 Å². The number of thiazole rings is 1. The van der Waals surface area contributed by atoms with Gasteiger partial charge in [0, 0.05) is 24.7 Å². The average Bonchev–Trinajstić information content (AvgIpc) is 2.97. The van der Waals surface area contributed by atoms with Gasteiger partial charge in [-0.05, 0) is 37.5 Å². The molecule has 0 aliphatic carbocycles. The Labute approximate surface area is 141 Å². The lowest BCUT2D eigenvalue weighted by Crippen LogP contribution is -2.37. The zero-order valence-electron chi connectivity index (χ0n) is 14.1. The van der Waals surface area contributed by atoms with E-state index >= 15 is 0 Å². The molecule has 0 fully saturated rings. The Hall–Kier alpha value is -2.08. The molecule has 0 aliphatic rings. The lowest BCUT2D eigenvalue weighted by atomic mass is 10.1. The van der Waals surface area contributed by atoms with Crippen molar-refractivity contribution in [1.82, 2.24) is 15.6 Å². The summed E-state index contributed by atoms with van der Waals surface area (Å²) in [5.41, 5.74) is 2.39. The summed E-state index contributed by atoms with van der Waals surface area (Å²) in [5, 5.41) is 7.66. The van der Waals surface area contributed by atoms with Gasteiger partial charge in [-0.2, -0.15) is 0 Å². The molecule has 5 nitrogen and oxygen atoms in total. The Morgan fingerprint density at radius 2 is 2.13 bits per heavy atom. The summed E-state index contributed by atoms with van der Waals surface area (Å²) in [6.45, 7) is 5.61. The highest BCUT2D eigenvalue weighted by atomic mass is 32.1. The van der Waals surface area contributed by atoms with Crippen molar-refractivity contribution in [2.45, 2.75) is 26.8 Å². The van der Waals surface area contributed by atoms with Gasteiger partial charge in [-0.3, -0.25) is 4.99 Å². The third-order valence-corrected chi connectivity index (χ3v) is 4.39. The molecule has 0 saturated carbocycles. The van der Waals surface area contributed by atoms with Crippen LogP contribution >= 0.6 is 11.3 Å². The lowest BCUT2D eigenvalue weighted by Gasteiger charge is -2.12. The maximum atomic E-state index is 5.36. The van der Waals surface area contributed by atoms with Crippen molar-refractivity contribution >= 4 is 17.3 Å². The van der Waals surface area contributed by atoms with Crippen LogP contribution < -0.4 is 15.4 Å². The summed E-state index contributed by atoms with van der Waals surface area (Å²) in [7, 11) is 3.48. The van der Waals surface area contributed by atoms with Gasteiger partial charge in [0.2, 0.25) is 0 Å². The highest BCUT2D eigenvalue weighted by Crippen LogP contribution is 2.19. The second-order valence-corrected chi connectivity index (χ2v) is 6.59. The van der Waals surface area contributed by atoms with Gasteiger partial charge in [0.1, 0.15) is 10.8 Å². The maximum absolute atomic E-state index is 5.36. The molecule has 23 heavy (non-hydrogen) atoms. The van der Waals surface area contributed by atoms with Gasteiger partial charge >= 0.3 is 0 Å². The van der Waals surface area contributed by atoms with Crippen LogP contribution in [0.15, 0.2) is 29.4 Å². The lowest BCUT2D eigenvalue weighted by molar-refractivity contribution is 0.411. The molecular formula is C17H24N4OS. The van der Waals surface area contributed by atoms with Crippen LogP contribution in [-0.4, -0.2) is 31.6 Å². The van der Waals surface area contributed by atoms with Crippen LogP contribution in [0.25, 0.3) is 0 Å². The summed E-state index contributed by atoms with van der Waals surface area (Å²) < 4.78 is 5.36. The monoisotopic (exact) mass is 332 g/mol. The minimum Gasteiger partial charge on any atom is -0.496 e. The van der Waals surface area contributed by atoms with Crippen molar-refractivity contribution in [3.8, 4) is 5.75 Å². The maximum Gasteiger partial charge on any atom is 0.191 e. The zero-order chi connectivity index (χ0) is 16.7. The van der Waals surface area contributed by atoms with Gasteiger partial charge in [0.05, 0.1) is 13.7 Å². The van der Waals surface area contributed by atoms with E-state index in [1.54, 1.807) is 25.5 Å². The molecule has 0 unspecified atom stereocenters. The van der Waals surface area contributed by atoms with E-state index in [1.165, 1.54) is 10.4 Å². The number of hydrogen-bond acceptors (Lipinski definition) is 4. The van der Waals surface area contributed by atoms with Gasteiger partial charge in [0.15, 0.2) is 5.96 Å². The minimum atomic E-state index is 0.691. The van der Waals surface area contributed by atoms with E-state index in [2.05, 4.69) is 45.7 Å². The van der Waals surface area contributed by atoms with Crippen LogP contribution in [0.3, 0.4) is 0 Å². The quantitative estimate of drug-likeness (QED) is 0.631. The van der Waals surface area contributed by atoms with Crippen molar-refractivity contribution in [3.05, 3.63) is 45.4 Å². The first-order valence-electron chi connectivity index (χ1n) is 7.61. The predicted octanol–water partition coefficient (Wildman–Crippen LogP) is 2.68. The van der Waals surface area contributed by atoms with Gasteiger partial charge in [0.25, 0.3) is 0 Å². The predicted molar refractivity (Wildman–Crippen MR) is 96.5 cm³/mol. The number of methoxy groups -OCH3 is 1. The summed E-state index contributed by atoms with van der Waals surface area (Å²) in [4.78, 5) is 9.79. The molecule has 0 amide bonds. The second-order valence-electron chi connectivity index (χ2n) is 5.27. The number of ether oxygens (including phenoxy) is 1. The molecule has 2 N–H and O–H groups in total. The molecule has 6 heteroatoms. The van der Waals surface area contributed by atoms with Crippen LogP contribution in [0.1, 0.15) is 21.0 Å². The third-order valence-electron chi connectivity index (χ3n) is 3.48. The summed E-state index contributed by atoms with van der Waals surface area (Å²) in [6, 6.07) is 6.31. The van der Waals surface area contributed by atoms with Crippen LogP contribution in [-0.2, 0) is 13.0 Å². The number of aryl methyl sites for hydroxylation is 2. The Kier molecular flexibility index (Phi) is 6.40. The standard InChI is InChI=1S/C17H24N4OS/c1-12-5-6-14(9-15(12)22-4)7-8-19-17(18-3)21-11-16-20-10-13(2)23-16/h5-6,9-10H,7-8,11H2,1-4H3,(H2,18,19,21). The molecule has 0 atom stereocenters. The zero-order valence-corrected chi connectivity index (χ0v) is 15.0. The van der Waals surface area contributed by atoms with Gasteiger partial charge in [-0.25, -0.2) is 4.98 Å². The molecule has 0 radical (unpaired) electrons. The second kappa shape index (κ2) is 8.53. The van der Waals surface area contributed by atoms with E-state index in [0.29, 0.717) is 6.54 Å². The number of guanidine groups is 1. The third kappa shape index (κ3) is 5.25. The van der Waals surface area contributed by atoms with Crippen molar-refractivity contribution in [2.75, 3.05) is 20.7 Å². The number of rotatable bonds is 6. The Morgan fingerprint density at radius 1 is 1.30 bits per heavy atom. The minimum absolute atomic E-state index is 0.691. The Bertz CT molecular complexity index is 666. The molecule has 124 valence electrons. The topological polar surface area (TPSA) is 58.5 Å². The largest absolute Gasteiger partial charge is 0.496 e. The first-order chi connectivity index (χ1) is 11.1. The molecule has 0 bridgehead atoms. The van der Waals surface area contributed by atoms with E-state index in [-0.39, 0.29) is 0 Å². The normalized spacial score (nSPS) is 11.4. The van der Waals surface area contributed by atoms with Crippen molar-refractivity contribution in [2.24, 2.45) is 4.99 Å². The van der Waals surface area contributed by atoms with Gasteiger partial charge in [-0.15, -0.1) is 11.3 Å². The van der Waals surface area contributed by atoms with Crippen molar-refractivity contribution < 1.29 is 4.74 Å². The van der Waals surface area contributed by atoms with E-state index in [0.717, 1.165) is 35.2 Å². The van der Waals surface area contributed by atoms with Gasteiger partial charge < -0.3 is 15.4 Å². The van der Waals surface area contributed by atoms with Gasteiger partial charge in [-0.1, -0.05) is 12.1 Å². The SMILES string of the molecule is CN=C(NCCc1ccc(C)c(OC)c1)NCc1ncc(C)s1. The fourth-order valence-corrected chi connectivity index (χ4v) is 2.94. The van der Waals surface area contributed by atoms with E-state index < -0.39 is 0 Å². The van der Waals surface area contributed by atoms with E-state index in [1.807, 2.05) is 13.1 Å². The number of benzene rings is 1. The molecule has 0 saturated heterocycles. The first kappa shape index (κ1) is 17.3. The number of nitrogens with zero attached hydrogens (tertiary/aromatic N) is 2. The van der Waals surface area contributed by atoms with Crippen molar-refractivity contribution in [1.29, 1.82) is 0 Å². The van der Waals surface area contributed by atoms with E-state index in [9.17, 15) is 0 Å². The van der Waals surface area contributed by atoms with Crippen LogP contribution in [0.5, 0.6) is 5.75 Å². The first-order valence-corrected chi connectivity index (χ1v) is 8.43. The highest BCUT2D eigenvalue weighted by Gasteiger charge is 2.03. The number of nitrogens with one attached hydrogen (secondary N) is 2. The summed E-state index contributed by atoms with van der Waals surface area (Å²) in [5.74, 6) is 1.72.